The highest BCUT2D eigenvalue weighted by molar-refractivity contribution is 5.72. The van der Waals surface area contributed by atoms with Crippen LogP contribution in [0.3, 0.4) is 0 Å². The number of nitrogens with two attached hydrogens (primary N) is 1. The summed E-state index contributed by atoms with van der Waals surface area (Å²) < 4.78 is 1.93. The fourth-order valence-corrected chi connectivity index (χ4v) is 1.56. The maximum atomic E-state index is 8.86. The molecule has 0 unspecified atom stereocenters. The highest BCUT2D eigenvalue weighted by Gasteiger charge is 2.05. The number of aryl methyl sites for hydroxylation is 1. The molecule has 17 heavy (non-hydrogen) atoms. The smallest absolute Gasteiger partial charge is 0.127 e. The summed E-state index contributed by atoms with van der Waals surface area (Å²) in [4.78, 5) is 4.20. The average molecular weight is 227 g/mol. The van der Waals surface area contributed by atoms with Crippen LogP contribution in [-0.2, 0) is 13.6 Å². The van der Waals surface area contributed by atoms with E-state index >= 15 is 0 Å². The van der Waals surface area contributed by atoms with Gasteiger partial charge < -0.3 is 15.6 Å². The van der Waals surface area contributed by atoms with Gasteiger partial charge in [-0.1, -0.05) is 6.07 Å². The Labute approximate surface area is 99.5 Å². The number of nitrogens with one attached hydrogen (secondary N) is 1. The molecule has 86 valence electrons. The minimum Gasteiger partial charge on any atom is -0.396 e. The lowest BCUT2D eigenvalue weighted by Crippen LogP contribution is -2.07. The number of nitriles is 1. The van der Waals surface area contributed by atoms with Gasteiger partial charge in [0.05, 0.1) is 23.5 Å². The Balaban J connectivity index is 2.15. The van der Waals surface area contributed by atoms with Crippen molar-refractivity contribution in [2.45, 2.75) is 6.54 Å². The molecule has 1 aromatic heterocycles. The van der Waals surface area contributed by atoms with Gasteiger partial charge >= 0.3 is 0 Å². The summed E-state index contributed by atoms with van der Waals surface area (Å²) in [6.45, 7) is 0.572. The van der Waals surface area contributed by atoms with Gasteiger partial charge in [0.1, 0.15) is 11.9 Å². The number of aromatic nitrogens is 2. The molecule has 0 atom stereocenters. The Hall–Kier alpha value is -2.48. The minimum absolute atomic E-state index is 0.476. The van der Waals surface area contributed by atoms with E-state index in [2.05, 4.69) is 16.4 Å². The highest BCUT2D eigenvalue weighted by atomic mass is 15.1. The summed E-state index contributed by atoms with van der Waals surface area (Å²) in [5.74, 6) is 0.909. The van der Waals surface area contributed by atoms with Gasteiger partial charge in [-0.05, 0) is 12.1 Å². The molecule has 0 bridgehead atoms. The summed E-state index contributed by atoms with van der Waals surface area (Å²) in [5, 5.41) is 12.0. The van der Waals surface area contributed by atoms with Crippen molar-refractivity contribution in [3.63, 3.8) is 0 Å². The SMILES string of the molecule is Cn1ccnc1CNc1cccc(C#N)c1N. The lowest BCUT2D eigenvalue weighted by atomic mass is 10.1. The first-order chi connectivity index (χ1) is 8.22. The number of imidazole rings is 1. The molecule has 3 N–H and O–H groups in total. The molecule has 5 nitrogen and oxygen atoms in total. The van der Waals surface area contributed by atoms with Gasteiger partial charge in [-0.2, -0.15) is 5.26 Å². The molecule has 0 spiro atoms. The van der Waals surface area contributed by atoms with Crippen molar-refractivity contribution in [3.05, 3.63) is 42.0 Å². The van der Waals surface area contributed by atoms with Gasteiger partial charge in [0, 0.05) is 19.4 Å². The molecule has 0 aliphatic heterocycles. The third-order valence-corrected chi connectivity index (χ3v) is 2.58. The van der Waals surface area contributed by atoms with Crippen LogP contribution in [0.25, 0.3) is 0 Å². The first-order valence-electron chi connectivity index (χ1n) is 5.21. The van der Waals surface area contributed by atoms with E-state index in [0.29, 0.717) is 17.8 Å². The first kappa shape index (κ1) is 11.0. The fraction of sp³-hybridized carbons (Fsp3) is 0.167. The number of anilines is 2. The Morgan fingerprint density at radius 3 is 3.00 bits per heavy atom. The predicted molar refractivity (Wildman–Crippen MR) is 66.1 cm³/mol. The van der Waals surface area contributed by atoms with Gasteiger partial charge in [-0.3, -0.25) is 0 Å². The molecule has 0 saturated heterocycles. The van der Waals surface area contributed by atoms with Gasteiger partial charge in [-0.15, -0.1) is 0 Å². The number of para-hydroxylation sites is 1. The van der Waals surface area contributed by atoms with Crippen LogP contribution in [0.15, 0.2) is 30.6 Å². The van der Waals surface area contributed by atoms with E-state index in [1.54, 1.807) is 18.3 Å². The number of rotatable bonds is 3. The van der Waals surface area contributed by atoms with E-state index < -0.39 is 0 Å². The molecule has 1 aromatic carbocycles. The second-order valence-corrected chi connectivity index (χ2v) is 3.69. The van der Waals surface area contributed by atoms with Crippen molar-refractivity contribution < 1.29 is 0 Å². The minimum atomic E-state index is 0.476. The highest BCUT2D eigenvalue weighted by Crippen LogP contribution is 2.22. The summed E-state index contributed by atoms with van der Waals surface area (Å²) in [5.41, 5.74) is 7.57. The fourth-order valence-electron chi connectivity index (χ4n) is 1.56. The van der Waals surface area contributed by atoms with Crippen LogP contribution >= 0.6 is 0 Å². The lowest BCUT2D eigenvalue weighted by molar-refractivity contribution is 0.813. The molecule has 0 aliphatic rings. The Morgan fingerprint density at radius 1 is 1.53 bits per heavy atom. The van der Waals surface area contributed by atoms with Gasteiger partial charge in [0.2, 0.25) is 0 Å². The number of benzene rings is 1. The quantitative estimate of drug-likeness (QED) is 0.778. The Morgan fingerprint density at radius 2 is 2.35 bits per heavy atom. The van der Waals surface area contributed by atoms with Gasteiger partial charge in [0.25, 0.3) is 0 Å². The van der Waals surface area contributed by atoms with E-state index in [9.17, 15) is 0 Å². The zero-order valence-electron chi connectivity index (χ0n) is 9.51. The molecule has 5 heteroatoms. The predicted octanol–water partition coefficient (Wildman–Crippen LogP) is 1.49. The molecule has 0 amide bonds. The number of hydrogen-bond acceptors (Lipinski definition) is 4. The topological polar surface area (TPSA) is 79.7 Å². The molecular weight excluding hydrogens is 214 g/mol. The summed E-state index contributed by atoms with van der Waals surface area (Å²) in [7, 11) is 1.93. The standard InChI is InChI=1S/C12H13N5/c1-17-6-5-15-11(17)8-16-10-4-2-3-9(7-13)12(10)14/h2-6,16H,8,14H2,1H3. The van der Waals surface area contributed by atoms with Crippen molar-refractivity contribution in [3.8, 4) is 6.07 Å². The van der Waals surface area contributed by atoms with E-state index in [1.165, 1.54) is 0 Å². The second kappa shape index (κ2) is 4.58. The van der Waals surface area contributed by atoms with Gasteiger partial charge in [0.15, 0.2) is 0 Å². The van der Waals surface area contributed by atoms with Crippen LogP contribution in [0, 0.1) is 11.3 Å². The van der Waals surface area contributed by atoms with E-state index in [0.717, 1.165) is 11.5 Å². The van der Waals surface area contributed by atoms with Crippen molar-refractivity contribution in [2.75, 3.05) is 11.1 Å². The van der Waals surface area contributed by atoms with Crippen LogP contribution in [0.2, 0.25) is 0 Å². The van der Waals surface area contributed by atoms with E-state index in [-0.39, 0.29) is 0 Å². The van der Waals surface area contributed by atoms with Crippen molar-refractivity contribution in [1.82, 2.24) is 9.55 Å². The summed E-state index contributed by atoms with van der Waals surface area (Å²) >= 11 is 0. The molecule has 2 rings (SSSR count). The van der Waals surface area contributed by atoms with Crippen LogP contribution in [0.4, 0.5) is 11.4 Å². The number of nitrogens with zero attached hydrogens (tertiary/aromatic N) is 3. The lowest BCUT2D eigenvalue weighted by Gasteiger charge is -2.09. The van der Waals surface area contributed by atoms with E-state index in [4.69, 9.17) is 11.0 Å². The number of nitrogen functional groups attached to an aromatic ring is 1. The first-order valence-corrected chi connectivity index (χ1v) is 5.21. The van der Waals surface area contributed by atoms with Crippen LogP contribution in [0.1, 0.15) is 11.4 Å². The zero-order chi connectivity index (χ0) is 12.3. The summed E-state index contributed by atoms with van der Waals surface area (Å²) in [6, 6.07) is 7.40. The molecule has 0 radical (unpaired) electrons. The van der Waals surface area contributed by atoms with Crippen molar-refractivity contribution >= 4 is 11.4 Å². The monoisotopic (exact) mass is 227 g/mol. The Bertz CT molecular complexity index is 565. The van der Waals surface area contributed by atoms with Crippen molar-refractivity contribution in [2.24, 2.45) is 7.05 Å². The second-order valence-electron chi connectivity index (χ2n) is 3.69. The van der Waals surface area contributed by atoms with Crippen LogP contribution < -0.4 is 11.1 Å². The number of hydrogen-bond donors (Lipinski definition) is 2. The molecule has 0 fully saturated rings. The third-order valence-electron chi connectivity index (χ3n) is 2.58. The summed E-state index contributed by atoms with van der Waals surface area (Å²) in [6.07, 6.45) is 3.62. The maximum absolute atomic E-state index is 8.86. The molecule has 0 saturated carbocycles. The van der Waals surface area contributed by atoms with Crippen molar-refractivity contribution in [1.29, 1.82) is 5.26 Å². The third kappa shape index (κ3) is 2.21. The zero-order valence-corrected chi connectivity index (χ0v) is 9.51. The molecular formula is C12H13N5. The van der Waals surface area contributed by atoms with E-state index in [1.807, 2.05) is 23.9 Å². The van der Waals surface area contributed by atoms with Crippen LogP contribution in [-0.4, -0.2) is 9.55 Å². The van der Waals surface area contributed by atoms with Gasteiger partial charge in [-0.25, -0.2) is 4.98 Å². The maximum Gasteiger partial charge on any atom is 0.127 e. The normalized spacial score (nSPS) is 9.88. The Kier molecular flexibility index (Phi) is 2.97. The molecule has 1 heterocycles. The van der Waals surface area contributed by atoms with Crippen LogP contribution in [0.5, 0.6) is 0 Å². The molecule has 2 aromatic rings. The molecule has 0 aliphatic carbocycles. The average Bonchev–Trinajstić information content (AvgIpc) is 2.74. The largest absolute Gasteiger partial charge is 0.396 e.